The Labute approximate surface area is 118 Å². The van der Waals surface area contributed by atoms with Gasteiger partial charge < -0.3 is 4.90 Å². The van der Waals surface area contributed by atoms with Crippen molar-refractivity contribution >= 4 is 21.4 Å². The lowest BCUT2D eigenvalue weighted by atomic mass is 10.4. The molecule has 0 aromatic carbocycles. The van der Waals surface area contributed by atoms with Crippen LogP contribution in [0, 0.1) is 11.3 Å². The van der Waals surface area contributed by atoms with Gasteiger partial charge in [0.05, 0.1) is 0 Å². The summed E-state index contributed by atoms with van der Waals surface area (Å²) in [6, 6.07) is 5.01. The lowest BCUT2D eigenvalue weighted by molar-refractivity contribution is 0.310. The van der Waals surface area contributed by atoms with Crippen molar-refractivity contribution in [2.24, 2.45) is 0 Å². The van der Waals surface area contributed by atoms with Crippen molar-refractivity contribution in [3.63, 3.8) is 0 Å². The molecule has 1 aromatic rings. The molecule has 1 saturated heterocycles. The van der Waals surface area contributed by atoms with E-state index in [4.69, 9.17) is 5.26 Å². The fraction of sp³-hybridized carbons (Fsp3) is 0.583. The first-order valence-electron chi connectivity index (χ1n) is 6.22. The predicted molar refractivity (Wildman–Crippen MR) is 74.5 cm³/mol. The van der Waals surface area contributed by atoms with Crippen LogP contribution in [-0.2, 0) is 10.0 Å². The first kappa shape index (κ1) is 14.5. The van der Waals surface area contributed by atoms with E-state index in [1.165, 1.54) is 23.2 Å². The minimum absolute atomic E-state index is 0.243. The molecule has 1 aromatic heterocycles. The third-order valence-electron chi connectivity index (χ3n) is 3.29. The molecular formula is C12H17N3O2S2. The van der Waals surface area contributed by atoms with Gasteiger partial charge in [-0.05, 0) is 38.1 Å². The maximum Gasteiger partial charge on any atom is 0.252 e. The summed E-state index contributed by atoms with van der Waals surface area (Å²) < 4.78 is 26.2. The molecule has 19 heavy (non-hydrogen) atoms. The summed E-state index contributed by atoms with van der Waals surface area (Å²) in [5, 5.41) is 8.75. The molecule has 7 heteroatoms. The molecule has 0 N–H and O–H groups in total. The summed E-state index contributed by atoms with van der Waals surface area (Å²) >= 11 is 1.02. The van der Waals surface area contributed by atoms with Crippen LogP contribution < -0.4 is 0 Å². The number of sulfonamides is 1. The maximum atomic E-state index is 12.3. The Morgan fingerprint density at radius 1 is 1.42 bits per heavy atom. The highest BCUT2D eigenvalue weighted by Gasteiger charge is 2.23. The van der Waals surface area contributed by atoms with Crippen LogP contribution in [0.15, 0.2) is 16.3 Å². The summed E-state index contributed by atoms with van der Waals surface area (Å²) in [7, 11) is -1.85. The Hall–Kier alpha value is -0.940. The minimum Gasteiger partial charge on any atom is -0.302 e. The van der Waals surface area contributed by atoms with E-state index >= 15 is 0 Å². The highest BCUT2D eigenvalue weighted by Crippen LogP contribution is 2.23. The molecular weight excluding hydrogens is 282 g/mol. The van der Waals surface area contributed by atoms with Crippen molar-refractivity contribution in [3.05, 3.63) is 17.0 Å². The van der Waals surface area contributed by atoms with Gasteiger partial charge in [-0.2, -0.15) is 9.57 Å². The van der Waals surface area contributed by atoms with Crippen LogP contribution in [0.5, 0.6) is 0 Å². The van der Waals surface area contributed by atoms with Gasteiger partial charge in [-0.3, -0.25) is 0 Å². The summed E-state index contributed by atoms with van der Waals surface area (Å²) in [6.45, 7) is 3.38. The Balaban J connectivity index is 2.00. The number of hydrogen-bond donors (Lipinski definition) is 0. The van der Waals surface area contributed by atoms with Gasteiger partial charge in [-0.1, -0.05) is 0 Å². The molecule has 0 bridgehead atoms. The van der Waals surface area contributed by atoms with Crippen molar-refractivity contribution in [1.29, 1.82) is 5.26 Å². The quantitative estimate of drug-likeness (QED) is 0.823. The van der Waals surface area contributed by atoms with E-state index in [2.05, 4.69) is 4.90 Å². The number of likely N-dealkylation sites (tertiary alicyclic amines) is 1. The van der Waals surface area contributed by atoms with E-state index in [1.54, 1.807) is 13.1 Å². The van der Waals surface area contributed by atoms with E-state index in [0.717, 1.165) is 31.0 Å². The summed E-state index contributed by atoms with van der Waals surface area (Å²) in [5.41, 5.74) is 0. The highest BCUT2D eigenvalue weighted by atomic mass is 32.2. The number of rotatable bonds is 5. The zero-order chi connectivity index (χ0) is 13.9. The first-order valence-corrected chi connectivity index (χ1v) is 8.48. The SMILES string of the molecule is CN(CCN1CCCC1)S(=O)(=O)c1ccc(C#N)s1. The molecule has 0 spiro atoms. The lowest BCUT2D eigenvalue weighted by Gasteiger charge is -2.20. The van der Waals surface area contributed by atoms with Gasteiger partial charge in [-0.15, -0.1) is 11.3 Å². The average Bonchev–Trinajstić information content (AvgIpc) is 3.06. The minimum atomic E-state index is -3.45. The zero-order valence-corrected chi connectivity index (χ0v) is 12.5. The van der Waals surface area contributed by atoms with Crippen molar-refractivity contribution in [1.82, 2.24) is 9.21 Å². The molecule has 104 valence electrons. The molecule has 0 amide bonds. The average molecular weight is 299 g/mol. The van der Waals surface area contributed by atoms with Crippen LogP contribution in [-0.4, -0.2) is 50.8 Å². The number of likely N-dealkylation sites (N-methyl/N-ethyl adjacent to an activating group) is 1. The van der Waals surface area contributed by atoms with Crippen LogP contribution in [0.2, 0.25) is 0 Å². The van der Waals surface area contributed by atoms with Gasteiger partial charge in [0, 0.05) is 20.1 Å². The molecule has 0 saturated carbocycles. The molecule has 2 heterocycles. The van der Waals surface area contributed by atoms with Crippen LogP contribution in [0.1, 0.15) is 17.7 Å². The first-order chi connectivity index (χ1) is 9.04. The molecule has 1 aliphatic rings. The van der Waals surface area contributed by atoms with Gasteiger partial charge in [0.15, 0.2) is 0 Å². The number of nitriles is 1. The molecule has 1 fully saturated rings. The van der Waals surface area contributed by atoms with Crippen molar-refractivity contribution in [3.8, 4) is 6.07 Å². The van der Waals surface area contributed by atoms with E-state index in [1.807, 2.05) is 6.07 Å². The molecule has 1 aliphatic heterocycles. The van der Waals surface area contributed by atoms with Gasteiger partial charge >= 0.3 is 0 Å². The van der Waals surface area contributed by atoms with E-state index in [-0.39, 0.29) is 4.21 Å². The number of nitrogens with zero attached hydrogens (tertiary/aromatic N) is 3. The van der Waals surface area contributed by atoms with Gasteiger partial charge in [-0.25, -0.2) is 8.42 Å². The Morgan fingerprint density at radius 2 is 2.11 bits per heavy atom. The standard InChI is InChI=1S/C12H17N3O2S2/c1-14(8-9-15-6-2-3-7-15)19(16,17)12-5-4-11(10-13)18-12/h4-5H,2-3,6-9H2,1H3. The molecule has 0 unspecified atom stereocenters. The highest BCUT2D eigenvalue weighted by molar-refractivity contribution is 7.91. The van der Waals surface area contributed by atoms with Gasteiger partial charge in [0.25, 0.3) is 10.0 Å². The van der Waals surface area contributed by atoms with Crippen LogP contribution in [0.3, 0.4) is 0 Å². The van der Waals surface area contributed by atoms with Crippen LogP contribution >= 0.6 is 11.3 Å². The zero-order valence-electron chi connectivity index (χ0n) is 10.9. The maximum absolute atomic E-state index is 12.3. The van der Waals surface area contributed by atoms with Crippen molar-refractivity contribution in [2.75, 3.05) is 33.2 Å². The molecule has 2 rings (SSSR count). The van der Waals surface area contributed by atoms with Crippen LogP contribution in [0.25, 0.3) is 0 Å². The Kier molecular flexibility index (Phi) is 4.58. The lowest BCUT2D eigenvalue weighted by Crippen LogP contribution is -2.34. The van der Waals surface area contributed by atoms with E-state index in [0.29, 0.717) is 11.4 Å². The summed E-state index contributed by atoms with van der Waals surface area (Å²) in [6.07, 6.45) is 2.40. The van der Waals surface area contributed by atoms with E-state index < -0.39 is 10.0 Å². The van der Waals surface area contributed by atoms with Crippen molar-refractivity contribution < 1.29 is 8.42 Å². The monoisotopic (exact) mass is 299 g/mol. The topological polar surface area (TPSA) is 64.4 Å². The summed E-state index contributed by atoms with van der Waals surface area (Å²) in [5.74, 6) is 0. The summed E-state index contributed by atoms with van der Waals surface area (Å²) in [4.78, 5) is 2.70. The number of hydrogen-bond acceptors (Lipinski definition) is 5. The normalized spacial score (nSPS) is 16.9. The van der Waals surface area contributed by atoms with Crippen molar-refractivity contribution in [2.45, 2.75) is 17.1 Å². The van der Waals surface area contributed by atoms with Gasteiger partial charge in [0.2, 0.25) is 0 Å². The third-order valence-corrected chi connectivity index (χ3v) is 6.60. The van der Waals surface area contributed by atoms with Crippen LogP contribution in [0.4, 0.5) is 0 Å². The fourth-order valence-electron chi connectivity index (χ4n) is 2.08. The Morgan fingerprint density at radius 3 is 2.68 bits per heavy atom. The second kappa shape index (κ2) is 6.01. The molecule has 5 nitrogen and oxygen atoms in total. The fourth-order valence-corrected chi connectivity index (χ4v) is 4.56. The second-order valence-corrected chi connectivity index (χ2v) is 7.96. The predicted octanol–water partition coefficient (Wildman–Crippen LogP) is 1.34. The molecule has 0 atom stereocenters. The second-order valence-electron chi connectivity index (χ2n) is 4.61. The third kappa shape index (κ3) is 3.34. The smallest absolute Gasteiger partial charge is 0.252 e. The number of thiophene rings is 1. The molecule has 0 radical (unpaired) electrons. The Bertz CT molecular complexity index is 568. The largest absolute Gasteiger partial charge is 0.302 e. The van der Waals surface area contributed by atoms with E-state index in [9.17, 15) is 8.42 Å². The van der Waals surface area contributed by atoms with Gasteiger partial charge in [0.1, 0.15) is 15.2 Å². The molecule has 0 aliphatic carbocycles.